The standard InChI is InChI=1S/C21H10NOS2.C13H12N.Ir/c1-3-10-16-12(6-1)13-8-5-9-15(18(13)23-16)20-22-21-19(25-20)14-7-2-4-11-17(14)24-21;1-10-3-6-12(7-4-10)13-8-5-11(2)9-14-13;/h1-8,10-11H;3-6,8-9H,1-2H3;/q2*-1;/i;1D3,2D3;. The average molecular weight is 737 g/mol. The molecule has 0 saturated heterocycles. The van der Waals surface area contributed by atoms with E-state index in [4.69, 9.17) is 17.6 Å². The van der Waals surface area contributed by atoms with Gasteiger partial charge < -0.3 is 9.40 Å². The molecule has 0 amide bonds. The summed E-state index contributed by atoms with van der Waals surface area (Å²) in [6.45, 7) is -4.34. The molecule has 1 radical (unpaired) electrons. The summed E-state index contributed by atoms with van der Waals surface area (Å²) in [5, 5.41) is 4.50. The fourth-order valence-electron chi connectivity index (χ4n) is 4.49. The minimum absolute atomic E-state index is 0. The van der Waals surface area contributed by atoms with E-state index in [2.05, 4.69) is 53.5 Å². The molecule has 0 aliphatic heterocycles. The van der Waals surface area contributed by atoms with Gasteiger partial charge in [0.15, 0.2) is 0 Å². The molecular formula is C34H22IrN2OS2-2. The Kier molecular flexibility index (Phi) is 5.60. The summed E-state index contributed by atoms with van der Waals surface area (Å²) < 4.78 is 52.3. The number of thiophene rings is 1. The number of pyridine rings is 1. The number of benzene rings is 4. The van der Waals surface area contributed by atoms with Crippen LogP contribution < -0.4 is 0 Å². The van der Waals surface area contributed by atoms with Crippen molar-refractivity contribution in [1.82, 2.24) is 9.97 Å². The third-order valence-electron chi connectivity index (χ3n) is 6.34. The molecule has 0 saturated carbocycles. The summed E-state index contributed by atoms with van der Waals surface area (Å²) in [5.74, 6) is 0. The van der Waals surface area contributed by atoms with Gasteiger partial charge in [-0.2, -0.15) is 11.3 Å². The van der Waals surface area contributed by atoms with Crippen molar-refractivity contribution in [2.75, 3.05) is 0 Å². The zero-order valence-electron chi connectivity index (χ0n) is 26.7. The van der Waals surface area contributed by atoms with Gasteiger partial charge in [-0.3, -0.25) is 4.98 Å². The second-order valence-electron chi connectivity index (χ2n) is 8.87. The number of aryl methyl sites for hydroxylation is 2. The second-order valence-corrected chi connectivity index (χ2v) is 10.9. The van der Waals surface area contributed by atoms with Crippen molar-refractivity contribution in [3.63, 3.8) is 0 Å². The normalized spacial score (nSPS) is 13.9. The average Bonchev–Trinajstić information content (AvgIpc) is 3.72. The second kappa shape index (κ2) is 11.1. The number of hydrogen-bond acceptors (Lipinski definition) is 5. The molecule has 4 aromatic heterocycles. The molecule has 6 heteroatoms. The Labute approximate surface area is 261 Å². The van der Waals surface area contributed by atoms with E-state index in [-0.39, 0.29) is 31.2 Å². The number of aromatic nitrogens is 2. The van der Waals surface area contributed by atoms with Crippen LogP contribution in [0.3, 0.4) is 0 Å². The number of rotatable bonds is 2. The summed E-state index contributed by atoms with van der Waals surface area (Å²) >= 11 is 3.46. The van der Waals surface area contributed by atoms with Crippen LogP contribution in [0.1, 0.15) is 19.4 Å². The number of fused-ring (bicyclic) bond motifs is 6. The van der Waals surface area contributed by atoms with E-state index in [1.165, 1.54) is 39.2 Å². The summed E-state index contributed by atoms with van der Waals surface area (Å²) in [5.41, 5.74) is 4.27. The SMILES string of the molecule is [2H]C([2H])([2H])c1c[c-]c(-c2ccc(C([2H])([2H])[2H])cn2)cc1.[Ir].[c-]1ccc2c(oc3ccccc32)c1-c1nc2sc3ccccc3c2s1. The van der Waals surface area contributed by atoms with Crippen LogP contribution in [0, 0.1) is 25.8 Å². The van der Waals surface area contributed by atoms with E-state index in [1.807, 2.05) is 24.3 Å². The molecule has 8 rings (SSSR count). The Morgan fingerprint density at radius 1 is 0.800 bits per heavy atom. The van der Waals surface area contributed by atoms with Gasteiger partial charge in [0.05, 0.1) is 10.3 Å². The topological polar surface area (TPSA) is 38.9 Å². The maximum Gasteiger partial charge on any atom is 0.124 e. The number of nitrogens with zero attached hydrogens (tertiary/aromatic N) is 2. The molecular weight excluding hydrogens is 709 g/mol. The first kappa shape index (κ1) is 20.2. The van der Waals surface area contributed by atoms with Gasteiger partial charge in [-0.25, -0.2) is 0 Å². The van der Waals surface area contributed by atoms with Crippen LogP contribution in [-0.4, -0.2) is 9.97 Å². The molecule has 40 heavy (non-hydrogen) atoms. The van der Waals surface area contributed by atoms with E-state index in [9.17, 15) is 0 Å². The van der Waals surface area contributed by atoms with E-state index in [0.717, 1.165) is 37.3 Å². The summed E-state index contributed by atoms with van der Waals surface area (Å²) in [6, 6.07) is 34.4. The number of hydrogen-bond donors (Lipinski definition) is 0. The zero-order chi connectivity index (χ0) is 31.3. The van der Waals surface area contributed by atoms with Crippen LogP contribution in [0.5, 0.6) is 0 Å². The van der Waals surface area contributed by atoms with Gasteiger partial charge in [-0.15, -0.1) is 64.9 Å². The van der Waals surface area contributed by atoms with Gasteiger partial charge in [-0.05, 0) is 30.2 Å². The Bertz CT molecular complexity index is 2250. The molecule has 8 aromatic rings. The fraction of sp³-hybridized carbons (Fsp3) is 0.0588. The van der Waals surface area contributed by atoms with Crippen molar-refractivity contribution in [2.24, 2.45) is 0 Å². The zero-order valence-corrected chi connectivity index (χ0v) is 24.7. The third kappa shape index (κ3) is 4.89. The summed E-state index contributed by atoms with van der Waals surface area (Å²) in [6.07, 6.45) is 1.30. The minimum Gasteiger partial charge on any atom is -0.501 e. The first-order chi connectivity index (χ1) is 21.6. The van der Waals surface area contributed by atoms with Gasteiger partial charge in [0.2, 0.25) is 0 Å². The predicted molar refractivity (Wildman–Crippen MR) is 165 cm³/mol. The van der Waals surface area contributed by atoms with Crippen LogP contribution >= 0.6 is 22.7 Å². The fourth-order valence-corrected chi connectivity index (χ4v) is 6.84. The molecule has 0 bridgehead atoms. The van der Waals surface area contributed by atoms with Gasteiger partial charge in [0.1, 0.15) is 10.4 Å². The number of para-hydroxylation sites is 1. The smallest absolute Gasteiger partial charge is 0.124 e. The van der Waals surface area contributed by atoms with Gasteiger partial charge >= 0.3 is 0 Å². The quantitative estimate of drug-likeness (QED) is 0.166. The first-order valence-electron chi connectivity index (χ1n) is 15.2. The summed E-state index contributed by atoms with van der Waals surface area (Å²) in [7, 11) is 0. The van der Waals surface area contributed by atoms with E-state index >= 15 is 0 Å². The van der Waals surface area contributed by atoms with Crippen LogP contribution in [0.2, 0.25) is 0 Å². The molecule has 0 atom stereocenters. The van der Waals surface area contributed by atoms with E-state index in [0.29, 0.717) is 11.3 Å². The Morgan fingerprint density at radius 2 is 1.62 bits per heavy atom. The molecule has 197 valence electrons. The Hall–Kier alpha value is -3.67. The van der Waals surface area contributed by atoms with Crippen molar-refractivity contribution >= 4 is 64.2 Å². The van der Waals surface area contributed by atoms with E-state index < -0.39 is 13.7 Å². The van der Waals surface area contributed by atoms with Crippen molar-refractivity contribution < 1.29 is 32.7 Å². The van der Waals surface area contributed by atoms with Crippen LogP contribution in [0.4, 0.5) is 0 Å². The van der Waals surface area contributed by atoms with Crippen molar-refractivity contribution in [3.8, 4) is 21.8 Å². The monoisotopic (exact) mass is 737 g/mol. The molecule has 3 nitrogen and oxygen atoms in total. The minimum atomic E-state index is -2.18. The Balaban J connectivity index is 0.000000163. The van der Waals surface area contributed by atoms with Gasteiger partial charge in [-0.1, -0.05) is 66.3 Å². The molecule has 0 aliphatic rings. The molecule has 0 aliphatic carbocycles. The molecule has 4 aromatic carbocycles. The third-order valence-corrected chi connectivity index (χ3v) is 8.64. The molecule has 4 heterocycles. The van der Waals surface area contributed by atoms with Crippen LogP contribution in [0.15, 0.2) is 102 Å². The number of thiazole rings is 1. The maximum absolute atomic E-state index is 7.28. The van der Waals surface area contributed by atoms with Crippen molar-refractivity contribution in [2.45, 2.75) is 13.7 Å². The maximum atomic E-state index is 7.28. The van der Waals surface area contributed by atoms with Crippen molar-refractivity contribution in [1.29, 1.82) is 0 Å². The van der Waals surface area contributed by atoms with Gasteiger partial charge in [0, 0.05) is 55.0 Å². The first-order valence-corrected chi connectivity index (χ1v) is 13.8. The summed E-state index contributed by atoms with van der Waals surface area (Å²) in [4.78, 5) is 10.0. The largest absolute Gasteiger partial charge is 0.501 e. The van der Waals surface area contributed by atoms with Crippen LogP contribution in [-0.2, 0) is 20.1 Å². The number of furan rings is 1. The Morgan fingerprint density at radius 3 is 2.42 bits per heavy atom. The molecule has 0 unspecified atom stereocenters. The molecule has 0 N–H and O–H groups in total. The van der Waals surface area contributed by atoms with Crippen LogP contribution in [0.25, 0.3) is 63.4 Å². The van der Waals surface area contributed by atoms with Crippen molar-refractivity contribution in [3.05, 3.63) is 120 Å². The van der Waals surface area contributed by atoms with E-state index in [1.54, 1.807) is 34.8 Å². The predicted octanol–water partition coefficient (Wildman–Crippen LogP) is 10.0. The molecule has 0 fully saturated rings. The molecule has 0 spiro atoms. The van der Waals surface area contributed by atoms with Gasteiger partial charge in [0.25, 0.3) is 0 Å².